The highest BCUT2D eigenvalue weighted by atomic mass is 32.2. The fraction of sp³-hybridized carbons (Fsp3) is 0.750. The molecule has 0 N–H and O–H groups in total. The van der Waals surface area contributed by atoms with Gasteiger partial charge in [0.1, 0.15) is 0 Å². The molecule has 2 aliphatic rings. The Morgan fingerprint density at radius 3 is 1.25 bits per heavy atom. The van der Waals surface area contributed by atoms with E-state index in [1.54, 1.807) is 8.47 Å². The molecule has 2 saturated heterocycles. The first kappa shape index (κ1) is 9.69. The van der Waals surface area contributed by atoms with E-state index in [1.165, 1.54) is 35.9 Å². The fourth-order valence-corrected chi connectivity index (χ4v) is 6.91. The first-order valence-electron chi connectivity index (χ1n) is 4.22. The van der Waals surface area contributed by atoms with Crippen LogP contribution >= 0.6 is 47.0 Å². The lowest BCUT2D eigenvalue weighted by Crippen LogP contribution is -1.97. The molecule has 0 nitrogen and oxygen atoms in total. The van der Waals surface area contributed by atoms with Crippen LogP contribution < -0.4 is 0 Å². The highest BCUT2D eigenvalue weighted by Gasteiger charge is 2.15. The van der Waals surface area contributed by atoms with E-state index in [0.717, 1.165) is 0 Å². The first-order chi connectivity index (χ1) is 5.97. The summed E-state index contributed by atoms with van der Waals surface area (Å²) >= 11 is 8.28. The number of thioether (sulfide) groups is 4. The van der Waals surface area contributed by atoms with Crippen molar-refractivity contribution in [3.05, 3.63) is 8.47 Å². The van der Waals surface area contributed by atoms with Crippen molar-refractivity contribution in [1.82, 2.24) is 0 Å². The Morgan fingerprint density at radius 2 is 0.917 bits per heavy atom. The largest absolute Gasteiger partial charge is 0.118 e. The zero-order valence-electron chi connectivity index (χ0n) is 6.88. The average Bonchev–Trinajstić information content (AvgIpc) is 2.21. The maximum atomic E-state index is 2.07. The summed E-state index contributed by atoms with van der Waals surface area (Å²) in [5, 5.41) is 0. The standard InChI is InChI=1S/C8H12S4/c1-3-9-7(10-4-1)8-11-5-2-6-12-8/h1-6H2. The van der Waals surface area contributed by atoms with Gasteiger partial charge in [0.15, 0.2) is 0 Å². The molecular weight excluding hydrogens is 224 g/mol. The highest BCUT2D eigenvalue weighted by molar-refractivity contribution is 8.28. The van der Waals surface area contributed by atoms with E-state index in [0.29, 0.717) is 0 Å². The number of hydrogen-bond donors (Lipinski definition) is 0. The van der Waals surface area contributed by atoms with Gasteiger partial charge in [0, 0.05) is 0 Å². The van der Waals surface area contributed by atoms with Gasteiger partial charge in [-0.3, -0.25) is 0 Å². The summed E-state index contributed by atoms with van der Waals surface area (Å²) in [5.41, 5.74) is 0. The molecule has 0 atom stereocenters. The third kappa shape index (κ3) is 2.56. The van der Waals surface area contributed by atoms with E-state index < -0.39 is 0 Å². The van der Waals surface area contributed by atoms with Gasteiger partial charge in [-0.05, 0) is 35.9 Å². The lowest BCUT2D eigenvalue weighted by molar-refractivity contribution is 1.12. The maximum Gasteiger partial charge on any atom is 0.0602 e. The van der Waals surface area contributed by atoms with Crippen LogP contribution in [0.2, 0.25) is 0 Å². The van der Waals surface area contributed by atoms with Gasteiger partial charge >= 0.3 is 0 Å². The molecule has 0 unspecified atom stereocenters. The van der Waals surface area contributed by atoms with Crippen molar-refractivity contribution < 1.29 is 0 Å². The molecule has 2 rings (SSSR count). The van der Waals surface area contributed by atoms with Gasteiger partial charge < -0.3 is 0 Å². The van der Waals surface area contributed by atoms with Crippen LogP contribution in [0.3, 0.4) is 0 Å². The molecule has 0 aromatic rings. The Hall–Kier alpha value is 1.14. The Labute approximate surface area is 91.1 Å². The molecule has 2 fully saturated rings. The summed E-state index contributed by atoms with van der Waals surface area (Å²) in [6.07, 6.45) is 2.78. The summed E-state index contributed by atoms with van der Waals surface area (Å²) in [6, 6.07) is 0. The van der Waals surface area contributed by atoms with Crippen LogP contribution in [0.1, 0.15) is 12.8 Å². The molecule has 0 saturated carbocycles. The molecule has 0 radical (unpaired) electrons. The monoisotopic (exact) mass is 236 g/mol. The molecule has 12 heavy (non-hydrogen) atoms. The second-order valence-corrected chi connectivity index (χ2v) is 7.61. The molecule has 0 aromatic heterocycles. The van der Waals surface area contributed by atoms with Gasteiger partial charge in [-0.15, -0.1) is 47.0 Å². The predicted molar refractivity (Wildman–Crippen MR) is 66.1 cm³/mol. The minimum absolute atomic E-state index is 1.34. The van der Waals surface area contributed by atoms with Gasteiger partial charge in [0.25, 0.3) is 0 Å². The van der Waals surface area contributed by atoms with E-state index in [1.807, 2.05) is 0 Å². The van der Waals surface area contributed by atoms with E-state index in [2.05, 4.69) is 47.0 Å². The van der Waals surface area contributed by atoms with E-state index in [4.69, 9.17) is 0 Å². The van der Waals surface area contributed by atoms with Crippen molar-refractivity contribution in [2.24, 2.45) is 0 Å². The predicted octanol–water partition coefficient (Wildman–Crippen LogP) is 3.85. The summed E-state index contributed by atoms with van der Waals surface area (Å²) in [4.78, 5) is 0. The Bertz CT molecular complexity index is 151. The van der Waals surface area contributed by atoms with Crippen molar-refractivity contribution in [1.29, 1.82) is 0 Å². The molecule has 0 amide bonds. The summed E-state index contributed by atoms with van der Waals surface area (Å²) in [5.74, 6) is 5.36. The normalized spacial score (nSPS) is 26.0. The smallest absolute Gasteiger partial charge is 0.0602 e. The SMILES string of the molecule is C1CSC(=C2SCCCS2)SC1. The van der Waals surface area contributed by atoms with Gasteiger partial charge in [0.05, 0.1) is 8.47 Å². The molecule has 0 aromatic carbocycles. The van der Waals surface area contributed by atoms with Crippen molar-refractivity contribution >= 4 is 47.0 Å². The van der Waals surface area contributed by atoms with Crippen LogP contribution in [-0.2, 0) is 0 Å². The molecular formula is C8H12S4. The Morgan fingerprint density at radius 1 is 0.583 bits per heavy atom. The minimum atomic E-state index is 1.34. The Balaban J connectivity index is 2.00. The summed E-state index contributed by atoms with van der Waals surface area (Å²) in [7, 11) is 0. The van der Waals surface area contributed by atoms with Crippen LogP contribution in [0, 0.1) is 0 Å². The molecule has 2 aliphatic heterocycles. The van der Waals surface area contributed by atoms with E-state index in [9.17, 15) is 0 Å². The zero-order chi connectivity index (χ0) is 8.23. The second-order valence-electron chi connectivity index (χ2n) is 2.68. The van der Waals surface area contributed by atoms with Gasteiger partial charge in [-0.1, -0.05) is 0 Å². The van der Waals surface area contributed by atoms with Crippen LogP contribution in [0.5, 0.6) is 0 Å². The van der Waals surface area contributed by atoms with Gasteiger partial charge in [0.2, 0.25) is 0 Å². The van der Waals surface area contributed by atoms with E-state index >= 15 is 0 Å². The lowest BCUT2D eigenvalue weighted by Gasteiger charge is -2.19. The third-order valence-electron chi connectivity index (χ3n) is 1.68. The summed E-state index contributed by atoms with van der Waals surface area (Å²) in [6.45, 7) is 0. The van der Waals surface area contributed by atoms with Crippen LogP contribution in [0.15, 0.2) is 8.47 Å². The number of rotatable bonds is 0. The molecule has 68 valence electrons. The van der Waals surface area contributed by atoms with Crippen molar-refractivity contribution in [2.75, 3.05) is 23.0 Å². The van der Waals surface area contributed by atoms with Crippen LogP contribution in [0.25, 0.3) is 0 Å². The quantitative estimate of drug-likeness (QED) is 0.626. The third-order valence-corrected chi connectivity index (χ3v) is 7.44. The molecule has 2 heterocycles. The molecule has 0 bridgehead atoms. The molecule has 4 heteroatoms. The van der Waals surface area contributed by atoms with Crippen LogP contribution in [0.4, 0.5) is 0 Å². The van der Waals surface area contributed by atoms with Crippen LogP contribution in [-0.4, -0.2) is 23.0 Å². The molecule has 0 spiro atoms. The Kier molecular flexibility index (Phi) is 4.14. The summed E-state index contributed by atoms with van der Waals surface area (Å²) < 4.78 is 3.24. The van der Waals surface area contributed by atoms with Crippen molar-refractivity contribution in [3.8, 4) is 0 Å². The second kappa shape index (κ2) is 5.13. The van der Waals surface area contributed by atoms with Gasteiger partial charge in [-0.25, -0.2) is 0 Å². The van der Waals surface area contributed by atoms with E-state index in [-0.39, 0.29) is 0 Å². The lowest BCUT2D eigenvalue weighted by atomic mass is 10.6. The minimum Gasteiger partial charge on any atom is -0.118 e. The van der Waals surface area contributed by atoms with Crippen molar-refractivity contribution in [3.63, 3.8) is 0 Å². The van der Waals surface area contributed by atoms with Crippen molar-refractivity contribution in [2.45, 2.75) is 12.8 Å². The maximum absolute atomic E-state index is 2.07. The first-order valence-corrected chi connectivity index (χ1v) is 8.16. The zero-order valence-corrected chi connectivity index (χ0v) is 10.1. The highest BCUT2D eigenvalue weighted by Crippen LogP contribution is 2.47. The average molecular weight is 236 g/mol. The topological polar surface area (TPSA) is 0 Å². The molecule has 0 aliphatic carbocycles. The van der Waals surface area contributed by atoms with Gasteiger partial charge in [-0.2, -0.15) is 0 Å². The fourth-order valence-electron chi connectivity index (χ4n) is 1.10. The number of hydrogen-bond acceptors (Lipinski definition) is 4.